The van der Waals surface area contributed by atoms with Crippen LogP contribution in [0, 0.1) is 5.82 Å². The van der Waals surface area contributed by atoms with Gasteiger partial charge >= 0.3 is 0 Å². The Balaban J connectivity index is 1.63. The molecule has 4 rings (SSSR count). The Hall–Kier alpha value is -3.93. The van der Waals surface area contributed by atoms with Crippen molar-refractivity contribution in [2.45, 2.75) is 0 Å². The van der Waals surface area contributed by atoms with Gasteiger partial charge in [-0.25, -0.2) is 9.82 Å². The van der Waals surface area contributed by atoms with Crippen molar-refractivity contribution in [1.82, 2.24) is 10.4 Å². The van der Waals surface area contributed by atoms with Crippen molar-refractivity contribution >= 4 is 23.0 Å². The van der Waals surface area contributed by atoms with Gasteiger partial charge in [-0.05, 0) is 60.2 Å². The number of fused-ring (bicyclic) bond motifs is 1. The van der Waals surface area contributed by atoms with E-state index in [1.807, 2.05) is 24.3 Å². The van der Waals surface area contributed by atoms with Crippen molar-refractivity contribution in [2.24, 2.45) is 5.10 Å². The van der Waals surface area contributed by atoms with E-state index in [0.29, 0.717) is 11.3 Å². The van der Waals surface area contributed by atoms with Gasteiger partial charge < -0.3 is 9.72 Å². The molecule has 5 nitrogen and oxygen atoms in total. The summed E-state index contributed by atoms with van der Waals surface area (Å²) in [5, 5.41) is 5.09. The number of amides is 1. The maximum atomic E-state index is 13.3. The molecule has 6 heteroatoms. The second kappa shape index (κ2) is 7.98. The van der Waals surface area contributed by atoms with Crippen LogP contribution in [0.1, 0.15) is 15.9 Å². The molecular formula is C23H18FN3O2. The lowest BCUT2D eigenvalue weighted by molar-refractivity contribution is 0.0955. The van der Waals surface area contributed by atoms with Gasteiger partial charge in [0.05, 0.1) is 19.0 Å². The topological polar surface area (TPSA) is 66.5 Å². The van der Waals surface area contributed by atoms with Crippen LogP contribution < -0.4 is 10.2 Å². The first-order chi connectivity index (χ1) is 14.2. The summed E-state index contributed by atoms with van der Waals surface area (Å²) in [5.74, 6) is 0.0479. The summed E-state index contributed by atoms with van der Waals surface area (Å²) in [6, 6.07) is 20.8. The summed E-state index contributed by atoms with van der Waals surface area (Å²) in [6.45, 7) is 0. The highest BCUT2D eigenvalue weighted by atomic mass is 19.1. The van der Waals surface area contributed by atoms with E-state index in [4.69, 9.17) is 4.74 Å². The number of aromatic nitrogens is 1. The summed E-state index contributed by atoms with van der Waals surface area (Å²) < 4.78 is 18.4. The predicted octanol–water partition coefficient (Wildman–Crippen LogP) is 4.75. The molecule has 144 valence electrons. The van der Waals surface area contributed by atoms with Crippen LogP contribution in [-0.2, 0) is 0 Å². The number of H-pyrrole nitrogens is 1. The molecule has 1 amide bonds. The predicted molar refractivity (Wildman–Crippen MR) is 112 cm³/mol. The summed E-state index contributed by atoms with van der Waals surface area (Å²) >= 11 is 0. The zero-order chi connectivity index (χ0) is 20.2. The smallest absolute Gasteiger partial charge is 0.271 e. The lowest BCUT2D eigenvalue weighted by atomic mass is 10.1. The van der Waals surface area contributed by atoms with Gasteiger partial charge in [0.1, 0.15) is 11.6 Å². The molecule has 0 fully saturated rings. The van der Waals surface area contributed by atoms with Crippen molar-refractivity contribution in [3.63, 3.8) is 0 Å². The molecule has 0 bridgehead atoms. The molecule has 1 heterocycles. The zero-order valence-electron chi connectivity index (χ0n) is 15.6. The number of benzene rings is 3. The van der Waals surface area contributed by atoms with Crippen LogP contribution in [0.5, 0.6) is 5.75 Å². The van der Waals surface area contributed by atoms with Gasteiger partial charge in [0.2, 0.25) is 0 Å². The Bertz CT molecular complexity index is 1180. The molecule has 0 aliphatic carbocycles. The van der Waals surface area contributed by atoms with Crippen LogP contribution in [0.15, 0.2) is 77.9 Å². The summed E-state index contributed by atoms with van der Waals surface area (Å²) in [5.41, 5.74) is 6.37. The number of hydrogen-bond acceptors (Lipinski definition) is 3. The van der Waals surface area contributed by atoms with Crippen LogP contribution in [0.25, 0.3) is 22.2 Å². The zero-order valence-corrected chi connectivity index (χ0v) is 15.6. The van der Waals surface area contributed by atoms with Crippen LogP contribution >= 0.6 is 0 Å². The van der Waals surface area contributed by atoms with Crippen molar-refractivity contribution < 1.29 is 13.9 Å². The molecule has 0 unspecified atom stereocenters. The van der Waals surface area contributed by atoms with E-state index < -0.39 is 0 Å². The molecule has 3 aromatic carbocycles. The van der Waals surface area contributed by atoms with E-state index in [1.165, 1.54) is 12.1 Å². The average molecular weight is 387 g/mol. The second-order valence-electron chi connectivity index (χ2n) is 6.39. The Kier molecular flexibility index (Phi) is 5.07. The fraction of sp³-hybridized carbons (Fsp3) is 0.0435. The molecule has 0 saturated heterocycles. The lowest BCUT2D eigenvalue weighted by Crippen LogP contribution is -2.17. The average Bonchev–Trinajstić information content (AvgIpc) is 3.13. The first-order valence-corrected chi connectivity index (χ1v) is 9.00. The maximum absolute atomic E-state index is 13.3. The third-order valence-electron chi connectivity index (χ3n) is 4.59. The first kappa shape index (κ1) is 18.4. The largest absolute Gasteiger partial charge is 0.497 e. The Morgan fingerprint density at radius 2 is 1.76 bits per heavy atom. The van der Waals surface area contributed by atoms with Gasteiger partial charge in [0.15, 0.2) is 0 Å². The summed E-state index contributed by atoms with van der Waals surface area (Å²) in [7, 11) is 1.57. The number of hydrazone groups is 1. The van der Waals surface area contributed by atoms with E-state index in [2.05, 4.69) is 15.5 Å². The molecule has 0 aliphatic heterocycles. The monoisotopic (exact) mass is 387 g/mol. The highest BCUT2D eigenvalue weighted by Crippen LogP contribution is 2.29. The highest BCUT2D eigenvalue weighted by Gasteiger charge is 2.12. The molecule has 0 radical (unpaired) electrons. The normalized spacial score (nSPS) is 11.1. The standard InChI is InChI=1S/C23H18FN3O2/c1-29-18-12-8-16(9-13-18)23(28)27-25-14-20-19-4-2-3-5-21(19)26-22(20)15-6-10-17(24)11-7-15/h2-14,26H,1H3,(H,27,28)/b25-14+. The fourth-order valence-corrected chi connectivity index (χ4v) is 3.10. The van der Waals surface area contributed by atoms with Gasteiger partial charge in [-0.2, -0.15) is 5.10 Å². The lowest BCUT2D eigenvalue weighted by Gasteiger charge is -2.03. The number of nitrogens with zero attached hydrogens (tertiary/aromatic N) is 1. The Morgan fingerprint density at radius 3 is 2.48 bits per heavy atom. The number of hydrogen-bond donors (Lipinski definition) is 2. The minimum Gasteiger partial charge on any atom is -0.497 e. The maximum Gasteiger partial charge on any atom is 0.271 e. The molecule has 0 atom stereocenters. The SMILES string of the molecule is COc1ccc(C(=O)N/N=C/c2c(-c3ccc(F)cc3)[nH]c3ccccc23)cc1. The van der Waals surface area contributed by atoms with E-state index >= 15 is 0 Å². The molecule has 0 spiro atoms. The summed E-state index contributed by atoms with van der Waals surface area (Å²) in [6.07, 6.45) is 1.60. The number of nitrogens with one attached hydrogen (secondary N) is 2. The number of methoxy groups -OCH3 is 1. The van der Waals surface area contributed by atoms with Crippen molar-refractivity contribution in [3.8, 4) is 17.0 Å². The number of ether oxygens (including phenoxy) is 1. The molecule has 1 aromatic heterocycles. The fourth-order valence-electron chi connectivity index (χ4n) is 3.10. The van der Waals surface area contributed by atoms with Gasteiger partial charge in [-0.15, -0.1) is 0 Å². The minimum absolute atomic E-state index is 0.299. The highest BCUT2D eigenvalue weighted by molar-refractivity contribution is 6.06. The van der Waals surface area contributed by atoms with E-state index in [1.54, 1.807) is 49.7 Å². The van der Waals surface area contributed by atoms with Crippen LogP contribution in [0.2, 0.25) is 0 Å². The quantitative estimate of drug-likeness (QED) is 0.383. The second-order valence-corrected chi connectivity index (χ2v) is 6.39. The third kappa shape index (κ3) is 3.87. The molecule has 4 aromatic rings. The van der Waals surface area contributed by atoms with Gasteiger partial charge in [0.25, 0.3) is 5.91 Å². The number of carbonyl (C=O) groups excluding carboxylic acids is 1. The van der Waals surface area contributed by atoms with E-state index in [-0.39, 0.29) is 11.7 Å². The van der Waals surface area contributed by atoms with Gasteiger partial charge in [0, 0.05) is 22.0 Å². The summed E-state index contributed by atoms with van der Waals surface area (Å²) in [4.78, 5) is 15.7. The Labute approximate surface area is 166 Å². The molecular weight excluding hydrogens is 369 g/mol. The van der Waals surface area contributed by atoms with Crippen molar-refractivity contribution in [2.75, 3.05) is 7.11 Å². The van der Waals surface area contributed by atoms with Crippen LogP contribution in [0.4, 0.5) is 4.39 Å². The minimum atomic E-state index is -0.327. The molecule has 29 heavy (non-hydrogen) atoms. The number of carbonyl (C=O) groups is 1. The van der Waals surface area contributed by atoms with Crippen molar-refractivity contribution in [1.29, 1.82) is 0 Å². The Morgan fingerprint density at radius 1 is 1.03 bits per heavy atom. The number of aromatic amines is 1. The molecule has 2 N–H and O–H groups in total. The van der Waals surface area contributed by atoms with Gasteiger partial charge in [-0.3, -0.25) is 4.79 Å². The van der Waals surface area contributed by atoms with E-state index in [0.717, 1.165) is 27.7 Å². The number of rotatable bonds is 5. The van der Waals surface area contributed by atoms with Crippen molar-refractivity contribution in [3.05, 3.63) is 89.7 Å². The first-order valence-electron chi connectivity index (χ1n) is 9.00. The van der Waals surface area contributed by atoms with Gasteiger partial charge in [-0.1, -0.05) is 18.2 Å². The van der Waals surface area contributed by atoms with Crippen LogP contribution in [-0.4, -0.2) is 24.2 Å². The third-order valence-corrected chi connectivity index (χ3v) is 4.59. The molecule has 0 aliphatic rings. The van der Waals surface area contributed by atoms with Crippen LogP contribution in [0.3, 0.4) is 0 Å². The van der Waals surface area contributed by atoms with E-state index in [9.17, 15) is 9.18 Å². The number of para-hydroxylation sites is 1. The number of halogens is 1. The molecule has 0 saturated carbocycles.